The van der Waals surface area contributed by atoms with E-state index in [2.05, 4.69) is 212 Å². The number of rotatable bonds is 6. The third-order valence-corrected chi connectivity index (χ3v) is 15.1. The van der Waals surface area contributed by atoms with Crippen LogP contribution in [0.25, 0.3) is 44.5 Å². The highest BCUT2D eigenvalue weighted by molar-refractivity contribution is 7.00. The normalized spacial score (nSPS) is 14.2. The fourth-order valence-electron chi connectivity index (χ4n) is 12.0. The van der Waals surface area contributed by atoms with Crippen molar-refractivity contribution in [2.24, 2.45) is 0 Å². The molecular formula is C62H49BN2. The second kappa shape index (κ2) is 15.1. The van der Waals surface area contributed by atoms with Crippen LogP contribution < -0.4 is 26.2 Å². The van der Waals surface area contributed by atoms with Gasteiger partial charge in [-0.15, -0.1) is 0 Å². The number of nitrogens with zero attached hydrogens (tertiary/aromatic N) is 2. The smallest absolute Gasteiger partial charge is 0.252 e. The number of hydrogen-bond acceptors (Lipinski definition) is 2. The Kier molecular flexibility index (Phi) is 8.88. The van der Waals surface area contributed by atoms with Crippen LogP contribution in [-0.2, 0) is 25.7 Å². The van der Waals surface area contributed by atoms with Crippen LogP contribution in [0.15, 0.2) is 188 Å². The fourth-order valence-corrected chi connectivity index (χ4v) is 12.0. The van der Waals surface area contributed by atoms with Gasteiger partial charge in [0.2, 0.25) is 0 Å². The highest BCUT2D eigenvalue weighted by Gasteiger charge is 2.44. The lowest BCUT2D eigenvalue weighted by Gasteiger charge is -2.45. The van der Waals surface area contributed by atoms with E-state index in [4.69, 9.17) is 0 Å². The Bertz CT molecular complexity index is 3000. The monoisotopic (exact) mass is 832 g/mol. The number of aryl methyl sites for hydroxylation is 4. The molecule has 2 nitrogen and oxygen atoms in total. The van der Waals surface area contributed by atoms with Gasteiger partial charge in [-0.1, -0.05) is 140 Å². The zero-order chi connectivity index (χ0) is 43.2. The number of hydrogen-bond donors (Lipinski definition) is 0. The summed E-state index contributed by atoms with van der Waals surface area (Å²) in [5.74, 6) is 0. The van der Waals surface area contributed by atoms with Crippen molar-refractivity contribution in [1.29, 1.82) is 0 Å². The van der Waals surface area contributed by atoms with Crippen molar-refractivity contribution in [3.05, 3.63) is 221 Å². The molecule has 2 aliphatic heterocycles. The first-order valence-corrected chi connectivity index (χ1v) is 23.6. The Hall–Kier alpha value is -7.36. The van der Waals surface area contributed by atoms with Crippen molar-refractivity contribution >= 4 is 57.2 Å². The van der Waals surface area contributed by atoms with Crippen LogP contribution in [0.5, 0.6) is 0 Å². The third-order valence-electron chi connectivity index (χ3n) is 15.1. The van der Waals surface area contributed by atoms with Gasteiger partial charge in [0, 0.05) is 34.1 Å². The maximum absolute atomic E-state index is 2.64. The molecule has 0 radical (unpaired) electrons. The lowest BCUT2D eigenvalue weighted by molar-refractivity contribution is 0.912. The summed E-state index contributed by atoms with van der Waals surface area (Å²) in [6, 6.07) is 71.3. The lowest BCUT2D eigenvalue weighted by Crippen LogP contribution is -2.61. The highest BCUT2D eigenvalue weighted by atomic mass is 15.2. The summed E-state index contributed by atoms with van der Waals surface area (Å²) in [7, 11) is 0. The maximum Gasteiger partial charge on any atom is 0.252 e. The molecule has 0 atom stereocenters. The second-order valence-electron chi connectivity index (χ2n) is 18.7. The van der Waals surface area contributed by atoms with Crippen molar-refractivity contribution in [3.63, 3.8) is 0 Å². The van der Waals surface area contributed by atoms with Gasteiger partial charge in [0.15, 0.2) is 0 Å². The molecule has 9 aromatic rings. The molecule has 310 valence electrons. The molecule has 0 saturated carbocycles. The van der Waals surface area contributed by atoms with E-state index >= 15 is 0 Å². The van der Waals surface area contributed by atoms with Gasteiger partial charge in [-0.3, -0.25) is 0 Å². The maximum atomic E-state index is 2.64. The highest BCUT2D eigenvalue weighted by Crippen LogP contribution is 2.49. The Morgan fingerprint density at radius 3 is 1.00 bits per heavy atom. The van der Waals surface area contributed by atoms with Gasteiger partial charge < -0.3 is 9.80 Å². The predicted molar refractivity (Wildman–Crippen MR) is 276 cm³/mol. The first kappa shape index (κ1) is 38.1. The molecule has 2 aliphatic carbocycles. The van der Waals surface area contributed by atoms with Crippen molar-refractivity contribution in [3.8, 4) is 44.5 Å². The lowest BCUT2D eigenvalue weighted by atomic mass is 9.33. The Balaban J connectivity index is 1.11. The van der Waals surface area contributed by atoms with E-state index in [9.17, 15) is 0 Å². The summed E-state index contributed by atoms with van der Waals surface area (Å²) < 4.78 is 0. The molecule has 0 fully saturated rings. The predicted octanol–water partition coefficient (Wildman–Crippen LogP) is 14.0. The Morgan fingerprint density at radius 2 is 0.662 bits per heavy atom. The standard InChI is InChI=1S/C62H49BN2/c1-40-52(42-18-7-3-8-19-42)36-50(37-53(40)43-20-9-4-10-21-43)64-58-30-17-31-59-62(58)63(56-32-46-26-15-28-48(46)34-60(56)64)57-33-47-27-16-29-49(47)35-61(57)65(59)51-38-54(44-22-11-5-12-23-44)41(2)55(39-51)45-24-13-6-14-25-45/h3-14,17-25,30-39H,15-16,26-29H2,1-2H3. The van der Waals surface area contributed by atoms with Gasteiger partial charge >= 0.3 is 0 Å². The van der Waals surface area contributed by atoms with E-state index in [1.165, 1.54) is 141 Å². The Labute approximate surface area is 383 Å². The summed E-state index contributed by atoms with van der Waals surface area (Å²) in [4.78, 5) is 5.27. The average Bonchev–Trinajstić information content (AvgIpc) is 4.03. The number of benzene rings is 9. The zero-order valence-electron chi connectivity index (χ0n) is 37.1. The van der Waals surface area contributed by atoms with Crippen LogP contribution in [0.2, 0.25) is 0 Å². The van der Waals surface area contributed by atoms with Crippen LogP contribution in [-0.4, -0.2) is 6.71 Å². The first-order chi connectivity index (χ1) is 32.1. The van der Waals surface area contributed by atoms with Crippen LogP contribution in [0, 0.1) is 13.8 Å². The minimum Gasteiger partial charge on any atom is -0.311 e. The summed E-state index contributed by atoms with van der Waals surface area (Å²) in [6.07, 6.45) is 6.96. The molecule has 4 aliphatic rings. The van der Waals surface area contributed by atoms with Crippen molar-refractivity contribution in [1.82, 2.24) is 0 Å². The van der Waals surface area contributed by atoms with Gasteiger partial charge in [-0.05, 0) is 195 Å². The van der Waals surface area contributed by atoms with Gasteiger partial charge in [-0.2, -0.15) is 0 Å². The summed E-state index contributed by atoms with van der Waals surface area (Å²) in [5.41, 5.74) is 30.4. The summed E-state index contributed by atoms with van der Waals surface area (Å²) >= 11 is 0. The molecule has 3 heteroatoms. The molecule has 9 aromatic carbocycles. The quantitative estimate of drug-likeness (QED) is 0.154. The molecule has 0 saturated heterocycles. The molecule has 0 bridgehead atoms. The van der Waals surface area contributed by atoms with Gasteiger partial charge in [-0.25, -0.2) is 0 Å². The van der Waals surface area contributed by atoms with Gasteiger partial charge in [0.1, 0.15) is 0 Å². The summed E-state index contributed by atoms with van der Waals surface area (Å²) in [5, 5.41) is 0. The molecule has 0 N–H and O–H groups in total. The second-order valence-corrected chi connectivity index (χ2v) is 18.7. The van der Waals surface area contributed by atoms with Crippen LogP contribution in [0.1, 0.15) is 46.2 Å². The minimum absolute atomic E-state index is 0.0933. The van der Waals surface area contributed by atoms with Crippen molar-refractivity contribution in [2.75, 3.05) is 9.80 Å². The van der Waals surface area contributed by atoms with E-state index in [1.807, 2.05) is 0 Å². The number of fused-ring (bicyclic) bond motifs is 6. The molecular weight excluding hydrogens is 784 g/mol. The van der Waals surface area contributed by atoms with Gasteiger partial charge in [0.25, 0.3) is 6.71 Å². The summed E-state index contributed by atoms with van der Waals surface area (Å²) in [6.45, 7) is 4.69. The van der Waals surface area contributed by atoms with Crippen LogP contribution in [0.4, 0.5) is 34.1 Å². The van der Waals surface area contributed by atoms with Gasteiger partial charge in [0.05, 0.1) is 0 Å². The largest absolute Gasteiger partial charge is 0.311 e. The number of anilines is 6. The molecule has 0 unspecified atom stereocenters. The third kappa shape index (κ3) is 6.09. The van der Waals surface area contributed by atoms with E-state index < -0.39 is 0 Å². The molecule has 65 heavy (non-hydrogen) atoms. The molecule has 0 aromatic heterocycles. The SMILES string of the molecule is Cc1c(-c2ccccc2)cc(N2c3cc4c(cc3B3c5cc6c(cc5N(c5cc(-c7ccccc7)c(C)c(-c7ccccc7)c5)c5cccc2c53)CCC6)CCC4)cc1-c1ccccc1. The minimum atomic E-state index is 0.0933. The average molecular weight is 833 g/mol. The molecule has 13 rings (SSSR count). The first-order valence-electron chi connectivity index (χ1n) is 23.6. The van der Waals surface area contributed by atoms with Crippen molar-refractivity contribution < 1.29 is 0 Å². The fraction of sp³-hybridized carbons (Fsp3) is 0.129. The topological polar surface area (TPSA) is 6.48 Å². The van der Waals surface area contributed by atoms with E-state index in [-0.39, 0.29) is 6.71 Å². The molecule has 2 heterocycles. The van der Waals surface area contributed by atoms with Crippen LogP contribution in [0.3, 0.4) is 0 Å². The Morgan fingerprint density at radius 1 is 0.338 bits per heavy atom. The van der Waals surface area contributed by atoms with E-state index in [0.29, 0.717) is 0 Å². The molecule has 0 amide bonds. The van der Waals surface area contributed by atoms with E-state index in [0.717, 1.165) is 25.7 Å². The van der Waals surface area contributed by atoms with E-state index in [1.54, 1.807) is 0 Å². The zero-order valence-corrected chi connectivity index (χ0v) is 37.1. The van der Waals surface area contributed by atoms with Crippen molar-refractivity contribution in [2.45, 2.75) is 52.4 Å². The molecule has 0 spiro atoms. The van der Waals surface area contributed by atoms with Crippen LogP contribution >= 0.6 is 0 Å².